The number of imidazole rings is 1. The summed E-state index contributed by atoms with van der Waals surface area (Å²) in [5.41, 5.74) is 10.0. The topological polar surface area (TPSA) is 76.2 Å². The van der Waals surface area contributed by atoms with Crippen molar-refractivity contribution in [3.8, 4) is 22.4 Å². The highest BCUT2D eigenvalue weighted by molar-refractivity contribution is 9.10. The lowest BCUT2D eigenvalue weighted by molar-refractivity contribution is 0.686. The molecule has 3 N–H and O–H groups in total. The Morgan fingerprint density at radius 2 is 1.66 bits per heavy atom. The van der Waals surface area contributed by atoms with Gasteiger partial charge in [-0.2, -0.15) is 0 Å². The number of fused-ring (bicyclic) bond motifs is 1. The van der Waals surface area contributed by atoms with Crippen molar-refractivity contribution in [2.75, 3.05) is 6.54 Å². The van der Waals surface area contributed by atoms with Gasteiger partial charge in [0.25, 0.3) is 5.56 Å². The molecule has 4 rings (SSSR count). The molecule has 0 saturated carbocycles. The van der Waals surface area contributed by atoms with Crippen molar-refractivity contribution in [3.05, 3.63) is 81.3 Å². The average molecular weight is 451 g/mol. The molecule has 0 aliphatic heterocycles. The number of nitrogens with one attached hydrogen (secondary N) is 1. The van der Waals surface area contributed by atoms with E-state index < -0.39 is 0 Å². The highest BCUT2D eigenvalue weighted by Gasteiger charge is 2.10. The van der Waals surface area contributed by atoms with Gasteiger partial charge >= 0.3 is 0 Å². The van der Waals surface area contributed by atoms with Crippen molar-refractivity contribution < 1.29 is 0 Å². The number of nitrogens with two attached hydrogens (primary N) is 1. The molecule has 0 fully saturated rings. The fourth-order valence-corrected chi connectivity index (χ4v) is 3.68. The lowest BCUT2D eigenvalue weighted by atomic mass is 10.0. The van der Waals surface area contributed by atoms with Gasteiger partial charge in [0.15, 0.2) is 0 Å². The Morgan fingerprint density at radius 1 is 0.931 bits per heavy atom. The summed E-state index contributed by atoms with van der Waals surface area (Å²) < 4.78 is 2.89. The van der Waals surface area contributed by atoms with E-state index in [0.29, 0.717) is 11.3 Å². The lowest BCUT2D eigenvalue weighted by Gasteiger charge is -2.05. The summed E-state index contributed by atoms with van der Waals surface area (Å²) in [7, 11) is 0. The minimum atomic E-state index is -0.138. The van der Waals surface area contributed by atoms with Gasteiger partial charge in [-0.1, -0.05) is 58.7 Å². The Labute approximate surface area is 177 Å². The smallest absolute Gasteiger partial charge is 0.260 e. The van der Waals surface area contributed by atoms with Crippen molar-refractivity contribution in [1.82, 2.24) is 14.4 Å². The fourth-order valence-electron chi connectivity index (χ4n) is 3.42. The summed E-state index contributed by atoms with van der Waals surface area (Å²) in [4.78, 5) is 20.1. The third-order valence-corrected chi connectivity index (χ3v) is 5.57. The van der Waals surface area contributed by atoms with E-state index >= 15 is 0 Å². The second kappa shape index (κ2) is 8.76. The van der Waals surface area contributed by atoms with Gasteiger partial charge in [-0.15, -0.1) is 0 Å². The predicted octanol–water partition coefficient (Wildman–Crippen LogP) is 4.79. The molecule has 0 amide bonds. The van der Waals surface area contributed by atoms with Crippen LogP contribution in [-0.4, -0.2) is 20.9 Å². The highest BCUT2D eigenvalue weighted by atomic mass is 79.9. The van der Waals surface area contributed by atoms with Gasteiger partial charge in [0, 0.05) is 22.4 Å². The maximum Gasteiger partial charge on any atom is 0.260 e. The molecule has 0 saturated heterocycles. The maximum absolute atomic E-state index is 12.6. The third-order valence-electron chi connectivity index (χ3n) is 5.04. The lowest BCUT2D eigenvalue weighted by Crippen LogP contribution is -2.11. The molecule has 0 bridgehead atoms. The number of H-pyrrole nitrogens is 1. The summed E-state index contributed by atoms with van der Waals surface area (Å²) in [5.74, 6) is 0.535. The average Bonchev–Trinajstić information content (AvgIpc) is 3.14. The molecule has 5 nitrogen and oxygen atoms in total. The molecule has 148 valence electrons. The zero-order valence-corrected chi connectivity index (χ0v) is 17.7. The highest BCUT2D eigenvalue weighted by Crippen LogP contribution is 2.22. The molecule has 0 aliphatic carbocycles. The molecule has 0 atom stereocenters. The molecule has 2 aromatic heterocycles. The zero-order valence-electron chi connectivity index (χ0n) is 16.1. The van der Waals surface area contributed by atoms with Crippen LogP contribution in [0.1, 0.15) is 24.8 Å². The Balaban J connectivity index is 1.60. The first-order valence-corrected chi connectivity index (χ1v) is 10.6. The minimum absolute atomic E-state index is 0.138. The Bertz CT molecular complexity index is 1160. The number of aromatic amines is 1. The molecular weight excluding hydrogens is 428 g/mol. The number of halogens is 1. The predicted molar refractivity (Wildman–Crippen MR) is 121 cm³/mol. The summed E-state index contributed by atoms with van der Waals surface area (Å²) in [6.45, 7) is 0.752. The van der Waals surface area contributed by atoms with E-state index in [-0.39, 0.29) is 5.56 Å². The van der Waals surface area contributed by atoms with Crippen LogP contribution in [0.25, 0.3) is 28.2 Å². The van der Waals surface area contributed by atoms with Crippen LogP contribution in [0.15, 0.2) is 70.2 Å². The van der Waals surface area contributed by atoms with Gasteiger partial charge in [0.2, 0.25) is 5.78 Å². The molecule has 0 radical (unpaired) electrons. The number of benzene rings is 2. The zero-order chi connectivity index (χ0) is 20.2. The Kier molecular flexibility index (Phi) is 5.92. The van der Waals surface area contributed by atoms with Crippen LogP contribution in [0.5, 0.6) is 0 Å². The second-order valence-corrected chi connectivity index (χ2v) is 8.07. The van der Waals surface area contributed by atoms with E-state index in [0.717, 1.165) is 53.5 Å². The number of nitrogens with zero attached hydrogens (tertiary/aromatic N) is 2. The van der Waals surface area contributed by atoms with Crippen molar-refractivity contribution in [2.45, 2.75) is 25.7 Å². The van der Waals surface area contributed by atoms with E-state index in [1.54, 1.807) is 0 Å². The standard InChI is InChI=1S/C23H23BrN4O/c24-19-11-9-18(10-12-19)21-15-28-14-20(22(29)27-23(28)26-21)17-7-5-16(6-8-17)4-2-1-3-13-25/h5-12,14-15H,1-4,13,25H2,(H,26,27,29). The van der Waals surface area contributed by atoms with Gasteiger partial charge in [0.1, 0.15) is 0 Å². The summed E-state index contributed by atoms with van der Waals surface area (Å²) >= 11 is 3.45. The first-order chi connectivity index (χ1) is 14.1. The van der Waals surface area contributed by atoms with Crippen molar-refractivity contribution in [2.24, 2.45) is 5.73 Å². The van der Waals surface area contributed by atoms with Crippen LogP contribution in [0.2, 0.25) is 0 Å². The maximum atomic E-state index is 12.6. The first-order valence-electron chi connectivity index (χ1n) is 9.81. The van der Waals surface area contributed by atoms with E-state index in [9.17, 15) is 4.79 Å². The normalized spacial score (nSPS) is 11.2. The summed E-state index contributed by atoms with van der Waals surface area (Å²) in [6, 6.07) is 16.2. The number of aromatic nitrogens is 3. The van der Waals surface area contributed by atoms with Crippen molar-refractivity contribution in [3.63, 3.8) is 0 Å². The molecule has 29 heavy (non-hydrogen) atoms. The van der Waals surface area contributed by atoms with E-state index in [4.69, 9.17) is 5.73 Å². The summed E-state index contributed by atoms with van der Waals surface area (Å²) in [6.07, 6.45) is 8.17. The number of rotatable bonds is 7. The third kappa shape index (κ3) is 4.49. The second-order valence-electron chi connectivity index (χ2n) is 7.16. The number of hydrogen-bond donors (Lipinski definition) is 2. The van der Waals surface area contributed by atoms with Crippen LogP contribution >= 0.6 is 15.9 Å². The van der Waals surface area contributed by atoms with Gasteiger partial charge in [-0.25, -0.2) is 4.98 Å². The number of aryl methyl sites for hydroxylation is 1. The van der Waals surface area contributed by atoms with Gasteiger partial charge in [-0.3, -0.25) is 14.2 Å². The minimum Gasteiger partial charge on any atom is -0.330 e. The van der Waals surface area contributed by atoms with Gasteiger partial charge in [-0.05, 0) is 49.1 Å². The van der Waals surface area contributed by atoms with E-state index in [1.165, 1.54) is 5.56 Å². The monoisotopic (exact) mass is 450 g/mol. The van der Waals surface area contributed by atoms with E-state index in [1.807, 2.05) is 53.2 Å². The molecular formula is C23H23BrN4O. The molecule has 0 spiro atoms. The molecule has 0 aliphatic rings. The van der Waals surface area contributed by atoms with E-state index in [2.05, 4.69) is 38.0 Å². The van der Waals surface area contributed by atoms with Crippen molar-refractivity contribution >= 4 is 21.7 Å². The molecule has 4 aromatic rings. The molecule has 2 heterocycles. The van der Waals surface area contributed by atoms with Gasteiger partial charge in [0.05, 0.1) is 11.3 Å². The number of unbranched alkanes of at least 4 members (excludes halogenated alkanes) is 2. The largest absolute Gasteiger partial charge is 0.330 e. The molecule has 6 heteroatoms. The van der Waals surface area contributed by atoms with Crippen LogP contribution < -0.4 is 11.3 Å². The quantitative estimate of drug-likeness (QED) is 0.397. The van der Waals surface area contributed by atoms with Crippen LogP contribution in [-0.2, 0) is 6.42 Å². The first kappa shape index (κ1) is 19.6. The summed E-state index contributed by atoms with van der Waals surface area (Å²) in [5, 5.41) is 0. The Morgan fingerprint density at radius 3 is 2.38 bits per heavy atom. The molecule has 0 unspecified atom stereocenters. The fraction of sp³-hybridized carbons (Fsp3) is 0.217. The van der Waals surface area contributed by atoms with Crippen LogP contribution in [0.3, 0.4) is 0 Å². The number of hydrogen-bond acceptors (Lipinski definition) is 3. The van der Waals surface area contributed by atoms with Crippen LogP contribution in [0, 0.1) is 0 Å². The van der Waals surface area contributed by atoms with Gasteiger partial charge < -0.3 is 5.73 Å². The SMILES string of the molecule is NCCCCCc1ccc(-c2cn3cc(-c4ccc(Br)cc4)nc3[nH]c2=O)cc1. The van der Waals surface area contributed by atoms with Crippen molar-refractivity contribution in [1.29, 1.82) is 0 Å². The molecule has 2 aromatic carbocycles. The Hall–Kier alpha value is -2.70. The van der Waals surface area contributed by atoms with Crippen LogP contribution in [0.4, 0.5) is 0 Å².